The normalized spacial score (nSPS) is 25.8. The molecule has 3 atom stereocenters. The molecule has 1 aliphatic carbocycles. The van der Waals surface area contributed by atoms with E-state index in [2.05, 4.69) is 21.5 Å². The topological polar surface area (TPSA) is 130 Å². The summed E-state index contributed by atoms with van der Waals surface area (Å²) in [5, 5.41) is 19.2. The van der Waals surface area contributed by atoms with Crippen molar-refractivity contribution < 1.29 is 10.2 Å². The Balaban J connectivity index is 2.06. The molecule has 0 unspecified atom stereocenters. The summed E-state index contributed by atoms with van der Waals surface area (Å²) < 4.78 is 1.71. The fraction of sp³-hybridized carbons (Fsp3) is 0.462. The number of imidazole rings is 1. The van der Waals surface area contributed by atoms with Crippen LogP contribution in [0.5, 0.6) is 0 Å². The molecule has 0 aliphatic heterocycles. The van der Waals surface area contributed by atoms with E-state index in [0.717, 1.165) is 5.57 Å². The molecule has 112 valence electrons. The third kappa shape index (κ3) is 2.12. The lowest BCUT2D eigenvalue weighted by atomic mass is 9.98. The Morgan fingerprint density at radius 1 is 1.57 bits per heavy atom. The number of hydrogen-bond donors (Lipinski definition) is 4. The van der Waals surface area contributed by atoms with Crippen molar-refractivity contribution in [2.45, 2.75) is 25.0 Å². The lowest BCUT2D eigenvalue weighted by Crippen LogP contribution is -2.15. The Hall–Kier alpha value is -2.19. The van der Waals surface area contributed by atoms with Crippen molar-refractivity contribution in [1.29, 1.82) is 0 Å². The number of nitrogens with two attached hydrogens (primary N) is 1. The van der Waals surface area contributed by atoms with Crippen molar-refractivity contribution >= 4 is 17.1 Å². The van der Waals surface area contributed by atoms with Crippen LogP contribution in [0, 0.1) is 5.92 Å². The summed E-state index contributed by atoms with van der Waals surface area (Å²) in [5.74, 6) is -0.151. The van der Waals surface area contributed by atoms with Crippen LogP contribution < -0.4 is 11.3 Å². The molecule has 1 aliphatic rings. The van der Waals surface area contributed by atoms with Crippen LogP contribution in [-0.4, -0.2) is 42.4 Å². The van der Waals surface area contributed by atoms with Gasteiger partial charge in [-0.1, -0.05) is 6.58 Å². The molecular formula is C13H17N5O3. The highest BCUT2D eigenvalue weighted by Gasteiger charge is 2.37. The van der Waals surface area contributed by atoms with Gasteiger partial charge in [-0.3, -0.25) is 9.78 Å². The Labute approximate surface area is 120 Å². The predicted molar refractivity (Wildman–Crippen MR) is 76.6 cm³/mol. The smallest absolute Gasteiger partial charge is 0.280 e. The Kier molecular flexibility index (Phi) is 3.26. The van der Waals surface area contributed by atoms with Crippen LogP contribution in [-0.2, 0) is 0 Å². The van der Waals surface area contributed by atoms with E-state index < -0.39 is 11.7 Å². The average Bonchev–Trinajstić information content (AvgIpc) is 2.95. The minimum atomic E-state index is -0.577. The largest absolute Gasteiger partial charge is 0.396 e. The van der Waals surface area contributed by atoms with Gasteiger partial charge >= 0.3 is 0 Å². The average molecular weight is 291 g/mol. The molecule has 21 heavy (non-hydrogen) atoms. The number of nitrogens with one attached hydrogen (secondary N) is 1. The first kappa shape index (κ1) is 13.8. The molecule has 2 heterocycles. The first-order chi connectivity index (χ1) is 10.0. The van der Waals surface area contributed by atoms with Crippen molar-refractivity contribution in [1.82, 2.24) is 19.5 Å². The highest BCUT2D eigenvalue weighted by molar-refractivity contribution is 5.70. The number of rotatable bonds is 3. The molecule has 3 rings (SSSR count). The summed E-state index contributed by atoms with van der Waals surface area (Å²) in [4.78, 5) is 22.4. The van der Waals surface area contributed by atoms with Gasteiger partial charge in [0.1, 0.15) is 0 Å². The summed E-state index contributed by atoms with van der Waals surface area (Å²) in [7, 11) is 0. The van der Waals surface area contributed by atoms with Gasteiger partial charge in [-0.15, -0.1) is 0 Å². The summed E-state index contributed by atoms with van der Waals surface area (Å²) in [6.07, 6.45) is 1.84. The summed E-state index contributed by atoms with van der Waals surface area (Å²) in [6, 6.07) is -0.213. The maximum Gasteiger partial charge on any atom is 0.280 e. The lowest BCUT2D eigenvalue weighted by molar-refractivity contribution is 0.121. The molecule has 0 radical (unpaired) electrons. The number of H-pyrrole nitrogens is 1. The third-order valence-corrected chi connectivity index (χ3v) is 4.06. The SMILES string of the molecule is C=C1[C@H](CCO)[C@@H](O)C[C@@H]1n1cnc2c(=O)[nH]c(N)nc21. The molecule has 0 bridgehead atoms. The Morgan fingerprint density at radius 3 is 3.05 bits per heavy atom. The van der Waals surface area contributed by atoms with Crippen molar-refractivity contribution in [2.75, 3.05) is 12.3 Å². The van der Waals surface area contributed by atoms with Crippen LogP contribution in [0.2, 0.25) is 0 Å². The van der Waals surface area contributed by atoms with Gasteiger partial charge in [0.2, 0.25) is 5.95 Å². The van der Waals surface area contributed by atoms with E-state index in [0.29, 0.717) is 18.5 Å². The minimum Gasteiger partial charge on any atom is -0.396 e. The van der Waals surface area contributed by atoms with Gasteiger partial charge in [-0.05, 0) is 18.4 Å². The summed E-state index contributed by atoms with van der Waals surface area (Å²) in [6.45, 7) is 4.02. The first-order valence-electron chi connectivity index (χ1n) is 6.73. The fourth-order valence-electron chi connectivity index (χ4n) is 3.02. The number of aliphatic hydroxyl groups is 2. The highest BCUT2D eigenvalue weighted by atomic mass is 16.3. The van der Waals surface area contributed by atoms with Crippen molar-refractivity contribution in [3.05, 3.63) is 28.8 Å². The number of nitrogens with zero attached hydrogens (tertiary/aromatic N) is 3. The number of hydrogen-bond acceptors (Lipinski definition) is 6. The van der Waals surface area contributed by atoms with Crippen LogP contribution in [0.1, 0.15) is 18.9 Å². The van der Waals surface area contributed by atoms with Crippen molar-refractivity contribution in [3.63, 3.8) is 0 Å². The molecule has 0 spiro atoms. The molecule has 2 aromatic heterocycles. The minimum absolute atomic E-state index is 0.0109. The van der Waals surface area contributed by atoms with Crippen LogP contribution in [0.15, 0.2) is 23.3 Å². The predicted octanol–water partition coefficient (Wildman–Crippen LogP) is -0.438. The van der Waals surface area contributed by atoms with Gasteiger partial charge in [0.05, 0.1) is 18.5 Å². The molecule has 0 saturated heterocycles. The second-order valence-electron chi connectivity index (χ2n) is 5.29. The van der Waals surface area contributed by atoms with Crippen molar-refractivity contribution in [3.8, 4) is 0 Å². The molecule has 0 amide bonds. The molecule has 0 aromatic carbocycles. The zero-order valence-electron chi connectivity index (χ0n) is 11.4. The Bertz CT molecular complexity index is 750. The van der Waals surface area contributed by atoms with Crippen molar-refractivity contribution in [2.24, 2.45) is 5.92 Å². The van der Waals surface area contributed by atoms with Crippen LogP contribution in [0.4, 0.5) is 5.95 Å². The maximum atomic E-state index is 11.8. The van der Waals surface area contributed by atoms with Crippen LogP contribution in [0.25, 0.3) is 11.2 Å². The molecule has 1 fully saturated rings. The number of aliphatic hydroxyl groups excluding tert-OH is 2. The molecule has 1 saturated carbocycles. The molecular weight excluding hydrogens is 274 g/mol. The second kappa shape index (κ2) is 4.97. The van der Waals surface area contributed by atoms with E-state index in [4.69, 9.17) is 10.8 Å². The fourth-order valence-corrected chi connectivity index (χ4v) is 3.02. The van der Waals surface area contributed by atoms with Gasteiger partial charge in [0.25, 0.3) is 5.56 Å². The van der Waals surface area contributed by atoms with Crippen LogP contribution in [0.3, 0.4) is 0 Å². The molecule has 8 heteroatoms. The quantitative estimate of drug-likeness (QED) is 0.567. The monoisotopic (exact) mass is 291 g/mol. The van der Waals surface area contributed by atoms with E-state index in [1.54, 1.807) is 4.57 Å². The van der Waals surface area contributed by atoms with Gasteiger partial charge < -0.3 is 20.5 Å². The number of fused-ring (bicyclic) bond motifs is 1. The zero-order valence-corrected chi connectivity index (χ0v) is 11.4. The van der Waals surface area contributed by atoms with E-state index >= 15 is 0 Å². The number of aromatic nitrogens is 4. The zero-order chi connectivity index (χ0) is 15.1. The maximum absolute atomic E-state index is 11.8. The Morgan fingerprint density at radius 2 is 2.33 bits per heavy atom. The van der Waals surface area contributed by atoms with Gasteiger partial charge in [-0.25, -0.2) is 4.98 Å². The third-order valence-electron chi connectivity index (χ3n) is 4.06. The molecule has 5 N–H and O–H groups in total. The second-order valence-corrected chi connectivity index (χ2v) is 5.29. The summed E-state index contributed by atoms with van der Waals surface area (Å²) >= 11 is 0. The van der Waals surface area contributed by atoms with Gasteiger partial charge in [0, 0.05) is 12.5 Å². The van der Waals surface area contributed by atoms with Crippen LogP contribution >= 0.6 is 0 Å². The van der Waals surface area contributed by atoms with Gasteiger partial charge in [-0.2, -0.15) is 4.98 Å². The van der Waals surface area contributed by atoms with Gasteiger partial charge in [0.15, 0.2) is 11.2 Å². The number of anilines is 1. The lowest BCUT2D eigenvalue weighted by Gasteiger charge is -2.16. The number of nitrogen functional groups attached to an aromatic ring is 1. The standard InChI is InChI=1S/C13H17N5O3/c1-6-7(2-3-19)9(20)4-8(6)18-5-15-10-11(18)16-13(14)17-12(10)21/h5,7-9,19-20H,1-4H2,(H3,14,16,17,21)/t7-,8-,9-/m0/s1. The highest BCUT2D eigenvalue weighted by Crippen LogP contribution is 2.41. The molecule has 2 aromatic rings. The van der Waals surface area contributed by atoms with E-state index in [1.807, 2.05) is 0 Å². The van der Waals surface area contributed by atoms with E-state index in [1.165, 1.54) is 6.33 Å². The van der Waals surface area contributed by atoms with E-state index in [-0.39, 0.29) is 30.0 Å². The summed E-state index contributed by atoms with van der Waals surface area (Å²) in [5.41, 5.74) is 6.56. The molecule has 8 nitrogen and oxygen atoms in total. The first-order valence-corrected chi connectivity index (χ1v) is 6.73. The van der Waals surface area contributed by atoms with E-state index in [9.17, 15) is 9.90 Å². The number of aromatic amines is 1.